The van der Waals surface area contributed by atoms with E-state index in [1.807, 2.05) is 0 Å². The van der Waals surface area contributed by atoms with E-state index in [9.17, 15) is 4.79 Å². The Hall–Kier alpha value is -0.610. The highest BCUT2D eigenvalue weighted by Crippen LogP contribution is 2.30. The van der Waals surface area contributed by atoms with Gasteiger partial charge in [0.25, 0.3) is 0 Å². The topological polar surface area (TPSA) is 77.8 Å². The van der Waals surface area contributed by atoms with Crippen LogP contribution >= 0.6 is 0 Å². The first-order valence-corrected chi connectivity index (χ1v) is 2.23. The van der Waals surface area contributed by atoms with Crippen LogP contribution in [0.15, 0.2) is 0 Å². The van der Waals surface area contributed by atoms with Crippen molar-refractivity contribution in [2.45, 2.75) is 12.2 Å². The van der Waals surface area contributed by atoms with Gasteiger partial charge < -0.3 is 15.3 Å². The minimum absolute atomic E-state index is 0.935. The van der Waals surface area contributed by atoms with Gasteiger partial charge in [0.05, 0.1) is 12.2 Å². The van der Waals surface area contributed by atoms with Gasteiger partial charge in [0.2, 0.25) is 0 Å². The first-order valence-electron chi connectivity index (χ1n) is 2.23. The molecule has 0 aliphatic heterocycles. The molecule has 0 bridgehead atoms. The smallest absolute Gasteiger partial charge is 0.312 e. The summed E-state index contributed by atoms with van der Waals surface area (Å²) in [5.41, 5.74) is 0. The van der Waals surface area contributed by atoms with Crippen molar-refractivity contribution in [2.75, 3.05) is 0 Å². The van der Waals surface area contributed by atoms with Gasteiger partial charge in [-0.2, -0.15) is 0 Å². The molecule has 4 heteroatoms. The molecule has 1 aliphatic rings. The number of carboxylic acid groups (broad SMARTS) is 1. The zero-order chi connectivity index (χ0) is 6.31. The van der Waals surface area contributed by atoms with Crippen LogP contribution in [0, 0.1) is 5.92 Å². The maximum atomic E-state index is 9.86. The van der Waals surface area contributed by atoms with E-state index in [4.69, 9.17) is 15.3 Å². The van der Waals surface area contributed by atoms with Gasteiger partial charge in [-0.1, -0.05) is 0 Å². The third-order valence-electron chi connectivity index (χ3n) is 1.23. The number of carboxylic acids is 1. The maximum Gasteiger partial charge on any atom is 0.312 e. The molecule has 1 aliphatic carbocycles. The van der Waals surface area contributed by atoms with Gasteiger partial charge in [-0.15, -0.1) is 0 Å². The molecule has 46 valence electrons. The highest BCUT2D eigenvalue weighted by Gasteiger charge is 2.53. The molecule has 0 heterocycles. The summed E-state index contributed by atoms with van der Waals surface area (Å²) in [5.74, 6) is -2.07. The van der Waals surface area contributed by atoms with Crippen molar-refractivity contribution in [1.82, 2.24) is 0 Å². The lowest BCUT2D eigenvalue weighted by molar-refractivity contribution is -0.139. The molecule has 3 N–H and O–H groups in total. The third kappa shape index (κ3) is 0.579. The van der Waals surface area contributed by atoms with Gasteiger partial charge in [0.15, 0.2) is 0 Å². The maximum absolute atomic E-state index is 9.86. The highest BCUT2D eigenvalue weighted by atomic mass is 16.4. The standard InChI is InChI=1S/C4H6O4/c5-2-1(3(2)6)4(7)8/h1-3,5-6H,(H,7,8). The van der Waals surface area contributed by atoms with E-state index in [1.165, 1.54) is 0 Å². The Morgan fingerprint density at radius 3 is 1.62 bits per heavy atom. The van der Waals surface area contributed by atoms with Crippen molar-refractivity contribution in [3.05, 3.63) is 0 Å². The van der Waals surface area contributed by atoms with Gasteiger partial charge in [0, 0.05) is 0 Å². The molecular weight excluding hydrogens is 112 g/mol. The van der Waals surface area contributed by atoms with Crippen molar-refractivity contribution < 1.29 is 20.1 Å². The highest BCUT2D eigenvalue weighted by molar-refractivity contribution is 5.75. The summed E-state index contributed by atoms with van der Waals surface area (Å²) in [6.07, 6.45) is -2.07. The fourth-order valence-electron chi connectivity index (χ4n) is 0.572. The van der Waals surface area contributed by atoms with E-state index in [1.54, 1.807) is 0 Å². The van der Waals surface area contributed by atoms with Crippen LogP contribution in [0.25, 0.3) is 0 Å². The summed E-state index contributed by atoms with van der Waals surface area (Å²) >= 11 is 0. The van der Waals surface area contributed by atoms with Gasteiger partial charge in [-0.25, -0.2) is 0 Å². The lowest BCUT2D eigenvalue weighted by Crippen LogP contribution is -2.02. The minimum atomic E-state index is -1.13. The van der Waals surface area contributed by atoms with Crippen LogP contribution in [0.4, 0.5) is 0 Å². The van der Waals surface area contributed by atoms with Crippen LogP contribution in [-0.4, -0.2) is 33.5 Å². The first-order chi connectivity index (χ1) is 3.64. The van der Waals surface area contributed by atoms with E-state index < -0.39 is 24.1 Å². The number of hydrogen-bond donors (Lipinski definition) is 3. The Bertz CT molecular complexity index is 113. The molecule has 2 unspecified atom stereocenters. The number of rotatable bonds is 1. The summed E-state index contributed by atoms with van der Waals surface area (Å²) in [5, 5.41) is 24.9. The van der Waals surface area contributed by atoms with Crippen molar-refractivity contribution >= 4 is 5.97 Å². The van der Waals surface area contributed by atoms with Crippen LogP contribution < -0.4 is 0 Å². The van der Waals surface area contributed by atoms with Crippen LogP contribution in [0.1, 0.15) is 0 Å². The van der Waals surface area contributed by atoms with Crippen molar-refractivity contribution in [3.63, 3.8) is 0 Å². The molecule has 1 saturated carbocycles. The second-order valence-corrected chi connectivity index (χ2v) is 1.85. The monoisotopic (exact) mass is 118 g/mol. The molecule has 0 aromatic heterocycles. The molecule has 2 atom stereocenters. The molecule has 0 aromatic rings. The quantitative estimate of drug-likeness (QED) is 0.388. The number of aliphatic hydroxyl groups is 2. The lowest BCUT2D eigenvalue weighted by Gasteiger charge is -1.79. The fraction of sp³-hybridized carbons (Fsp3) is 0.750. The van der Waals surface area contributed by atoms with E-state index in [-0.39, 0.29) is 0 Å². The molecule has 4 nitrogen and oxygen atoms in total. The SMILES string of the molecule is O=C(O)C1C(O)C1O. The summed E-state index contributed by atoms with van der Waals surface area (Å²) in [6.45, 7) is 0. The zero-order valence-electron chi connectivity index (χ0n) is 3.98. The van der Waals surface area contributed by atoms with Gasteiger partial charge >= 0.3 is 5.97 Å². The van der Waals surface area contributed by atoms with Gasteiger partial charge in [-0.05, 0) is 0 Å². The first kappa shape index (κ1) is 5.53. The number of carbonyl (C=O) groups is 1. The molecule has 0 amide bonds. The van der Waals surface area contributed by atoms with E-state index in [2.05, 4.69) is 0 Å². The molecule has 0 radical (unpaired) electrons. The van der Waals surface area contributed by atoms with Crippen molar-refractivity contribution in [1.29, 1.82) is 0 Å². The van der Waals surface area contributed by atoms with E-state index in [0.29, 0.717) is 0 Å². The minimum Gasteiger partial charge on any atom is -0.481 e. The van der Waals surface area contributed by atoms with E-state index in [0.717, 1.165) is 0 Å². The Labute approximate surface area is 45.4 Å². The third-order valence-corrected chi connectivity index (χ3v) is 1.23. The molecule has 1 rings (SSSR count). The van der Waals surface area contributed by atoms with Crippen molar-refractivity contribution in [2.24, 2.45) is 5.92 Å². The van der Waals surface area contributed by atoms with Crippen molar-refractivity contribution in [3.8, 4) is 0 Å². The lowest BCUT2D eigenvalue weighted by atomic mass is 10.4. The molecule has 0 saturated heterocycles. The summed E-state index contributed by atoms with van der Waals surface area (Å²) < 4.78 is 0. The Morgan fingerprint density at radius 1 is 1.25 bits per heavy atom. The second-order valence-electron chi connectivity index (χ2n) is 1.85. The van der Waals surface area contributed by atoms with Crippen LogP contribution in [0.2, 0.25) is 0 Å². The predicted molar refractivity (Wildman–Crippen MR) is 23.1 cm³/mol. The summed E-state index contributed by atoms with van der Waals surface area (Å²) in [4.78, 5) is 9.86. The Kier molecular flexibility index (Phi) is 0.988. The number of hydrogen-bond acceptors (Lipinski definition) is 3. The Morgan fingerprint density at radius 2 is 1.62 bits per heavy atom. The average molecular weight is 118 g/mol. The normalized spacial score (nSPS) is 44.0. The number of aliphatic hydroxyl groups excluding tert-OH is 2. The Balaban J connectivity index is 2.44. The summed E-state index contributed by atoms with van der Waals surface area (Å²) in [6, 6.07) is 0. The molecular formula is C4H6O4. The molecule has 0 aromatic carbocycles. The van der Waals surface area contributed by atoms with Crippen LogP contribution in [0.3, 0.4) is 0 Å². The van der Waals surface area contributed by atoms with Gasteiger partial charge in [0.1, 0.15) is 5.92 Å². The fourth-order valence-corrected chi connectivity index (χ4v) is 0.572. The zero-order valence-corrected chi connectivity index (χ0v) is 3.98. The van der Waals surface area contributed by atoms with Gasteiger partial charge in [-0.3, -0.25) is 4.79 Å². The molecule has 8 heavy (non-hydrogen) atoms. The van der Waals surface area contributed by atoms with Crippen LogP contribution in [0.5, 0.6) is 0 Å². The summed E-state index contributed by atoms with van der Waals surface area (Å²) in [7, 11) is 0. The van der Waals surface area contributed by atoms with Crippen LogP contribution in [-0.2, 0) is 4.79 Å². The van der Waals surface area contributed by atoms with E-state index >= 15 is 0 Å². The average Bonchev–Trinajstić information content (AvgIpc) is 2.15. The number of aliphatic carboxylic acids is 1. The largest absolute Gasteiger partial charge is 0.481 e. The molecule has 1 fully saturated rings. The molecule has 0 spiro atoms. The predicted octanol–water partition coefficient (Wildman–Crippen LogP) is -1.58. The second kappa shape index (κ2) is 1.43.